The first-order valence-electron chi connectivity index (χ1n) is 6.63. The molecular weight excluding hydrogens is 275 g/mol. The molecule has 2 rings (SSSR count). The summed E-state index contributed by atoms with van der Waals surface area (Å²) < 4.78 is 43.5. The molecule has 20 heavy (non-hydrogen) atoms. The van der Waals surface area contributed by atoms with Crippen LogP contribution >= 0.6 is 0 Å². The lowest BCUT2D eigenvalue weighted by molar-refractivity contribution is -0.261. The SMILES string of the molecule is CC(C)(C)OC(=O)N1CC2(CCC(O)(C(F)(F)F)C2)C1. The molecule has 1 unspecified atom stereocenters. The van der Waals surface area contributed by atoms with Gasteiger partial charge in [-0.25, -0.2) is 4.79 Å². The van der Waals surface area contributed by atoms with Crippen molar-refractivity contribution in [2.45, 2.75) is 57.4 Å². The van der Waals surface area contributed by atoms with Crippen molar-refractivity contribution in [3.8, 4) is 0 Å². The van der Waals surface area contributed by atoms with E-state index in [2.05, 4.69) is 0 Å². The smallest absolute Gasteiger partial charge is 0.417 e. The van der Waals surface area contributed by atoms with Gasteiger partial charge in [0.2, 0.25) is 0 Å². The van der Waals surface area contributed by atoms with Crippen molar-refractivity contribution in [2.24, 2.45) is 5.41 Å². The van der Waals surface area contributed by atoms with Crippen molar-refractivity contribution in [3.63, 3.8) is 0 Å². The number of likely N-dealkylation sites (tertiary alicyclic amines) is 1. The molecule has 1 aliphatic carbocycles. The Hall–Kier alpha value is -0.980. The number of aliphatic hydroxyl groups is 1. The van der Waals surface area contributed by atoms with Gasteiger partial charge in [0.25, 0.3) is 0 Å². The first-order valence-corrected chi connectivity index (χ1v) is 6.63. The van der Waals surface area contributed by atoms with Crippen LogP contribution in [0.1, 0.15) is 40.0 Å². The van der Waals surface area contributed by atoms with E-state index in [4.69, 9.17) is 4.74 Å². The van der Waals surface area contributed by atoms with Gasteiger partial charge in [0.1, 0.15) is 5.60 Å². The van der Waals surface area contributed by atoms with E-state index in [1.807, 2.05) is 0 Å². The Bertz CT molecular complexity index is 410. The van der Waals surface area contributed by atoms with Crippen LogP contribution in [0.25, 0.3) is 0 Å². The van der Waals surface area contributed by atoms with Gasteiger partial charge in [0.05, 0.1) is 0 Å². The van der Waals surface area contributed by atoms with Crippen molar-refractivity contribution < 1.29 is 27.8 Å². The maximum Gasteiger partial charge on any atom is 0.417 e. The molecule has 1 atom stereocenters. The van der Waals surface area contributed by atoms with Gasteiger partial charge in [0.15, 0.2) is 5.60 Å². The van der Waals surface area contributed by atoms with Crippen LogP contribution in [0, 0.1) is 5.41 Å². The lowest BCUT2D eigenvalue weighted by atomic mass is 9.77. The predicted molar refractivity (Wildman–Crippen MR) is 65.1 cm³/mol. The third-order valence-electron chi connectivity index (χ3n) is 3.97. The van der Waals surface area contributed by atoms with Crippen LogP contribution in [-0.2, 0) is 4.74 Å². The molecular formula is C13H20F3NO3. The molecule has 1 N–H and O–H groups in total. The summed E-state index contributed by atoms with van der Waals surface area (Å²) in [5, 5.41) is 9.68. The zero-order valence-electron chi connectivity index (χ0n) is 11.9. The van der Waals surface area contributed by atoms with Crippen molar-refractivity contribution >= 4 is 6.09 Å². The summed E-state index contributed by atoms with van der Waals surface area (Å²) in [6, 6.07) is 0. The summed E-state index contributed by atoms with van der Waals surface area (Å²) in [6.45, 7) is 5.65. The summed E-state index contributed by atoms with van der Waals surface area (Å²) in [7, 11) is 0. The van der Waals surface area contributed by atoms with E-state index in [0.29, 0.717) is 0 Å². The Morgan fingerprint density at radius 2 is 1.75 bits per heavy atom. The van der Waals surface area contributed by atoms with E-state index in [1.54, 1.807) is 20.8 Å². The zero-order valence-corrected chi connectivity index (χ0v) is 11.9. The highest BCUT2D eigenvalue weighted by Crippen LogP contribution is 2.55. The van der Waals surface area contributed by atoms with Crippen LogP contribution in [0.2, 0.25) is 0 Å². The van der Waals surface area contributed by atoms with Crippen molar-refractivity contribution in [1.29, 1.82) is 0 Å². The van der Waals surface area contributed by atoms with E-state index in [0.717, 1.165) is 0 Å². The van der Waals surface area contributed by atoms with E-state index >= 15 is 0 Å². The van der Waals surface area contributed by atoms with Crippen LogP contribution in [0.4, 0.5) is 18.0 Å². The topological polar surface area (TPSA) is 49.8 Å². The number of carbonyl (C=O) groups excluding carboxylic acids is 1. The lowest BCUT2D eigenvalue weighted by Gasteiger charge is -2.48. The van der Waals surface area contributed by atoms with Crippen LogP contribution < -0.4 is 0 Å². The minimum atomic E-state index is -4.61. The highest BCUT2D eigenvalue weighted by atomic mass is 19.4. The Labute approximate surface area is 115 Å². The molecule has 1 saturated heterocycles. The number of hydrogen-bond donors (Lipinski definition) is 1. The standard InChI is InChI=1S/C13H20F3NO3/c1-10(2,3)20-9(18)17-7-11(8-17)4-5-12(19,6-11)13(14,15)16/h19H,4-8H2,1-3H3. The lowest BCUT2D eigenvalue weighted by Crippen LogP contribution is -2.59. The second kappa shape index (κ2) is 4.26. The van der Waals surface area contributed by atoms with E-state index in [1.165, 1.54) is 4.90 Å². The molecule has 4 nitrogen and oxygen atoms in total. The molecule has 0 aromatic rings. The molecule has 1 spiro atoms. The van der Waals surface area contributed by atoms with Crippen molar-refractivity contribution in [3.05, 3.63) is 0 Å². The van der Waals surface area contributed by atoms with Gasteiger partial charge in [-0.1, -0.05) is 0 Å². The molecule has 0 bridgehead atoms. The maximum absolute atomic E-state index is 12.8. The van der Waals surface area contributed by atoms with Crippen LogP contribution in [-0.4, -0.2) is 46.6 Å². The summed E-state index contributed by atoms with van der Waals surface area (Å²) in [5.74, 6) is 0. The molecule has 0 aromatic carbocycles. The molecule has 1 saturated carbocycles. The molecule has 0 aromatic heterocycles. The van der Waals surface area contributed by atoms with Crippen LogP contribution in [0.15, 0.2) is 0 Å². The Balaban J connectivity index is 1.93. The quantitative estimate of drug-likeness (QED) is 0.747. The number of alkyl halides is 3. The third-order valence-corrected chi connectivity index (χ3v) is 3.97. The maximum atomic E-state index is 12.8. The average Bonchev–Trinajstić information content (AvgIpc) is 2.52. The molecule has 116 valence electrons. The van der Waals surface area contributed by atoms with Crippen molar-refractivity contribution in [1.82, 2.24) is 4.90 Å². The Kier molecular flexibility index (Phi) is 3.28. The molecule has 7 heteroatoms. The number of amides is 1. The fourth-order valence-electron chi connectivity index (χ4n) is 3.00. The number of carbonyl (C=O) groups is 1. The number of rotatable bonds is 0. The Morgan fingerprint density at radius 3 is 2.15 bits per heavy atom. The largest absolute Gasteiger partial charge is 0.444 e. The fraction of sp³-hybridized carbons (Fsp3) is 0.923. The van der Waals surface area contributed by atoms with E-state index in [9.17, 15) is 23.1 Å². The fourth-order valence-corrected chi connectivity index (χ4v) is 3.00. The monoisotopic (exact) mass is 295 g/mol. The van der Waals surface area contributed by atoms with Gasteiger partial charge in [0, 0.05) is 18.5 Å². The highest BCUT2D eigenvalue weighted by molar-refractivity contribution is 5.69. The highest BCUT2D eigenvalue weighted by Gasteiger charge is 2.64. The van der Waals surface area contributed by atoms with Gasteiger partial charge >= 0.3 is 12.3 Å². The Morgan fingerprint density at radius 1 is 1.20 bits per heavy atom. The molecule has 1 heterocycles. The minimum absolute atomic E-state index is 0.223. The summed E-state index contributed by atoms with van der Waals surface area (Å²) in [6.07, 6.45) is -5.46. The average molecular weight is 295 g/mol. The number of halogens is 3. The third kappa shape index (κ3) is 2.73. The normalized spacial score (nSPS) is 29.4. The first-order chi connectivity index (χ1) is 8.86. The van der Waals surface area contributed by atoms with Gasteiger partial charge in [-0.3, -0.25) is 0 Å². The van der Waals surface area contributed by atoms with E-state index in [-0.39, 0.29) is 32.4 Å². The summed E-state index contributed by atoms with van der Waals surface area (Å²) in [5.41, 5.74) is -3.84. The molecule has 1 aliphatic heterocycles. The van der Waals surface area contributed by atoms with Crippen molar-refractivity contribution in [2.75, 3.05) is 13.1 Å². The minimum Gasteiger partial charge on any atom is -0.444 e. The number of hydrogen-bond acceptors (Lipinski definition) is 3. The second-order valence-electron chi connectivity index (χ2n) is 7.04. The van der Waals surface area contributed by atoms with Crippen LogP contribution in [0.5, 0.6) is 0 Å². The molecule has 2 aliphatic rings. The van der Waals surface area contributed by atoms with Crippen LogP contribution in [0.3, 0.4) is 0 Å². The van der Waals surface area contributed by atoms with E-state index < -0.39 is 28.9 Å². The molecule has 1 amide bonds. The first kappa shape index (κ1) is 15.4. The molecule has 0 radical (unpaired) electrons. The van der Waals surface area contributed by atoms with Gasteiger partial charge in [-0.2, -0.15) is 13.2 Å². The zero-order chi connectivity index (χ0) is 15.4. The summed E-state index contributed by atoms with van der Waals surface area (Å²) >= 11 is 0. The second-order valence-corrected chi connectivity index (χ2v) is 7.04. The van der Waals surface area contributed by atoms with Gasteiger partial charge < -0.3 is 14.7 Å². The molecule has 2 fully saturated rings. The van der Waals surface area contributed by atoms with Gasteiger partial charge in [-0.15, -0.1) is 0 Å². The summed E-state index contributed by atoms with van der Waals surface area (Å²) in [4.78, 5) is 13.2. The van der Waals surface area contributed by atoms with Gasteiger partial charge in [-0.05, 0) is 40.0 Å². The number of nitrogens with zero attached hydrogens (tertiary/aromatic N) is 1. The number of ether oxygens (including phenoxy) is 1. The predicted octanol–water partition coefficient (Wildman–Crippen LogP) is 2.70.